The quantitative estimate of drug-likeness (QED) is 0.244. The third kappa shape index (κ3) is 3.70. The summed E-state index contributed by atoms with van der Waals surface area (Å²) in [6.45, 7) is 0. The van der Waals surface area contributed by atoms with Crippen molar-refractivity contribution in [3.63, 3.8) is 0 Å². The molecule has 0 spiro atoms. The van der Waals surface area contributed by atoms with Crippen molar-refractivity contribution in [2.45, 2.75) is 0 Å². The molecule has 0 aliphatic heterocycles. The highest BCUT2D eigenvalue weighted by Crippen LogP contribution is 2.26. The third-order valence-corrected chi connectivity index (χ3v) is 3.18. The molecule has 2 aromatic rings. The minimum absolute atomic E-state index is 0.0389. The maximum Gasteiger partial charge on any atom is 0.423 e. The minimum atomic E-state index is -1.48. The zero-order chi connectivity index (χ0) is 19.4. The summed E-state index contributed by atoms with van der Waals surface area (Å²) in [5.74, 6) is -5.49. The Bertz CT molecular complexity index is 849. The average Bonchev–Trinajstić information content (AvgIpc) is 2.54. The van der Waals surface area contributed by atoms with E-state index in [-0.39, 0.29) is 34.0 Å². The molecule has 2 amide bonds. The lowest BCUT2D eigenvalue weighted by Crippen LogP contribution is -2.28. The van der Waals surface area contributed by atoms with Crippen LogP contribution in [0.15, 0.2) is 36.4 Å². The van der Waals surface area contributed by atoms with Gasteiger partial charge in [0, 0.05) is 11.4 Å². The standard InChI is InChI=1S/C16H14N4O6/c17-7-3-1-5-9(11(7)13(19)21)25-15(23)16(24)26-10-6-2-4-8(18)12(10)14(20)22/h1-6H,17-18H2,(H2,19,21)(H2,20,22). The second kappa shape index (κ2) is 7.21. The number of carbonyl (C=O) groups is 4. The van der Waals surface area contributed by atoms with Crippen LogP contribution in [-0.4, -0.2) is 23.8 Å². The van der Waals surface area contributed by atoms with Crippen LogP contribution in [0.1, 0.15) is 20.7 Å². The van der Waals surface area contributed by atoms with Crippen LogP contribution >= 0.6 is 0 Å². The molecule has 10 nitrogen and oxygen atoms in total. The zero-order valence-corrected chi connectivity index (χ0v) is 13.2. The molecule has 0 saturated carbocycles. The first kappa shape index (κ1) is 18.3. The summed E-state index contributed by atoms with van der Waals surface area (Å²) in [7, 11) is 0. The van der Waals surface area contributed by atoms with Gasteiger partial charge in [-0.15, -0.1) is 0 Å². The van der Waals surface area contributed by atoms with E-state index >= 15 is 0 Å². The molecule has 0 unspecified atom stereocenters. The molecule has 0 bridgehead atoms. The van der Waals surface area contributed by atoms with E-state index in [1.165, 1.54) is 36.4 Å². The molecule has 0 fully saturated rings. The number of hydrogen-bond donors (Lipinski definition) is 4. The first-order valence-corrected chi connectivity index (χ1v) is 7.03. The molecule has 0 radical (unpaired) electrons. The highest BCUT2D eigenvalue weighted by molar-refractivity contribution is 6.31. The molecule has 0 atom stereocenters. The van der Waals surface area contributed by atoms with E-state index in [1.54, 1.807) is 0 Å². The highest BCUT2D eigenvalue weighted by atomic mass is 16.6. The van der Waals surface area contributed by atoms with E-state index in [1.807, 2.05) is 0 Å². The highest BCUT2D eigenvalue weighted by Gasteiger charge is 2.25. The van der Waals surface area contributed by atoms with Crippen molar-refractivity contribution < 1.29 is 28.7 Å². The first-order chi connectivity index (χ1) is 12.2. The first-order valence-electron chi connectivity index (χ1n) is 7.03. The van der Waals surface area contributed by atoms with Crippen LogP contribution in [0.2, 0.25) is 0 Å². The number of benzene rings is 2. The number of primary amides is 2. The summed E-state index contributed by atoms with van der Waals surface area (Å²) < 4.78 is 9.62. The molecule has 8 N–H and O–H groups in total. The Morgan fingerprint density at radius 2 is 1.00 bits per heavy atom. The summed E-state index contributed by atoms with van der Waals surface area (Å²) in [5.41, 5.74) is 20.9. The molecule has 134 valence electrons. The maximum absolute atomic E-state index is 11.9. The van der Waals surface area contributed by atoms with E-state index in [9.17, 15) is 19.2 Å². The van der Waals surface area contributed by atoms with Gasteiger partial charge in [-0.3, -0.25) is 9.59 Å². The Hall–Kier alpha value is -4.08. The normalized spacial score (nSPS) is 10.0. The predicted octanol–water partition coefficient (Wildman–Crippen LogP) is -0.440. The molecular weight excluding hydrogens is 344 g/mol. The van der Waals surface area contributed by atoms with Crippen molar-refractivity contribution in [1.82, 2.24) is 0 Å². The van der Waals surface area contributed by atoms with Crippen LogP contribution in [0.3, 0.4) is 0 Å². The number of amides is 2. The van der Waals surface area contributed by atoms with Gasteiger partial charge in [-0.05, 0) is 24.3 Å². The van der Waals surface area contributed by atoms with Crippen LogP contribution < -0.4 is 32.4 Å². The second-order valence-corrected chi connectivity index (χ2v) is 4.95. The fraction of sp³-hybridized carbons (Fsp3) is 0. The van der Waals surface area contributed by atoms with Gasteiger partial charge >= 0.3 is 11.9 Å². The number of nitrogens with two attached hydrogens (primary N) is 4. The van der Waals surface area contributed by atoms with E-state index in [0.717, 1.165) is 0 Å². The fourth-order valence-corrected chi connectivity index (χ4v) is 2.08. The van der Waals surface area contributed by atoms with Crippen molar-refractivity contribution >= 4 is 35.1 Å². The van der Waals surface area contributed by atoms with E-state index in [2.05, 4.69) is 0 Å². The van der Waals surface area contributed by atoms with Crippen molar-refractivity contribution in [1.29, 1.82) is 0 Å². The van der Waals surface area contributed by atoms with Gasteiger partial charge in [0.2, 0.25) is 0 Å². The Balaban J connectivity index is 2.24. The molecule has 0 saturated heterocycles. The number of carbonyl (C=O) groups excluding carboxylic acids is 4. The van der Waals surface area contributed by atoms with Crippen LogP contribution in [0.5, 0.6) is 11.5 Å². The maximum atomic E-state index is 11.9. The lowest BCUT2D eigenvalue weighted by Gasteiger charge is -2.11. The number of ether oxygens (including phenoxy) is 2. The lowest BCUT2D eigenvalue weighted by atomic mass is 10.1. The van der Waals surface area contributed by atoms with Gasteiger partial charge in [0.25, 0.3) is 11.8 Å². The van der Waals surface area contributed by atoms with Gasteiger partial charge in [0.1, 0.15) is 22.6 Å². The molecule has 2 rings (SSSR count). The molecule has 10 heteroatoms. The van der Waals surface area contributed by atoms with Crippen molar-refractivity contribution in [3.8, 4) is 11.5 Å². The van der Waals surface area contributed by atoms with Crippen molar-refractivity contribution in [3.05, 3.63) is 47.5 Å². The molecule has 2 aromatic carbocycles. The predicted molar refractivity (Wildman–Crippen MR) is 90.0 cm³/mol. The number of esters is 2. The number of anilines is 2. The summed E-state index contributed by atoms with van der Waals surface area (Å²) in [6.07, 6.45) is 0. The van der Waals surface area contributed by atoms with E-state index in [0.29, 0.717) is 0 Å². The number of hydrogen-bond acceptors (Lipinski definition) is 8. The largest absolute Gasteiger partial charge is 0.423 e. The van der Waals surface area contributed by atoms with Gasteiger partial charge in [0.15, 0.2) is 0 Å². The Kier molecular flexibility index (Phi) is 5.07. The lowest BCUT2D eigenvalue weighted by molar-refractivity contribution is -0.156. The minimum Gasteiger partial charge on any atom is -0.417 e. The number of rotatable bonds is 4. The summed E-state index contributed by atoms with van der Waals surface area (Å²) in [4.78, 5) is 46.7. The van der Waals surface area contributed by atoms with Gasteiger partial charge < -0.3 is 32.4 Å². The SMILES string of the molecule is NC(=O)c1c(N)cccc1OC(=O)C(=O)Oc1cccc(N)c1C(N)=O. The van der Waals surface area contributed by atoms with Crippen molar-refractivity contribution in [2.24, 2.45) is 11.5 Å². The van der Waals surface area contributed by atoms with E-state index < -0.39 is 23.8 Å². The van der Waals surface area contributed by atoms with Gasteiger partial charge in [-0.25, -0.2) is 9.59 Å². The molecule has 0 aliphatic rings. The van der Waals surface area contributed by atoms with Gasteiger partial charge in [0.05, 0.1) is 0 Å². The average molecular weight is 358 g/mol. The summed E-state index contributed by atoms with van der Waals surface area (Å²) >= 11 is 0. The monoisotopic (exact) mass is 358 g/mol. The van der Waals surface area contributed by atoms with Crippen LogP contribution in [0.25, 0.3) is 0 Å². The smallest absolute Gasteiger partial charge is 0.417 e. The Morgan fingerprint density at radius 1 is 0.654 bits per heavy atom. The van der Waals surface area contributed by atoms with Gasteiger partial charge in [-0.1, -0.05) is 12.1 Å². The zero-order valence-electron chi connectivity index (χ0n) is 13.2. The van der Waals surface area contributed by atoms with Crippen LogP contribution in [-0.2, 0) is 9.59 Å². The fourth-order valence-electron chi connectivity index (χ4n) is 2.08. The topological polar surface area (TPSA) is 191 Å². The summed E-state index contributed by atoms with van der Waals surface area (Å²) in [5, 5.41) is 0. The molecule has 26 heavy (non-hydrogen) atoms. The Labute approximate surface area is 146 Å². The summed E-state index contributed by atoms with van der Waals surface area (Å²) in [6, 6.07) is 7.94. The number of nitrogen functional groups attached to an aromatic ring is 2. The molecule has 0 aliphatic carbocycles. The molecule has 0 aromatic heterocycles. The Morgan fingerprint density at radius 3 is 1.31 bits per heavy atom. The van der Waals surface area contributed by atoms with Crippen molar-refractivity contribution in [2.75, 3.05) is 11.5 Å². The van der Waals surface area contributed by atoms with Crippen LogP contribution in [0, 0.1) is 0 Å². The third-order valence-electron chi connectivity index (χ3n) is 3.18. The second-order valence-electron chi connectivity index (χ2n) is 4.95. The molecule has 0 heterocycles. The van der Waals surface area contributed by atoms with Crippen LogP contribution in [0.4, 0.5) is 11.4 Å². The van der Waals surface area contributed by atoms with E-state index in [4.69, 9.17) is 32.4 Å². The van der Waals surface area contributed by atoms with Gasteiger partial charge in [-0.2, -0.15) is 0 Å². The molecular formula is C16H14N4O6.